The van der Waals surface area contributed by atoms with Crippen LogP contribution in [-0.2, 0) is 22.4 Å². The first-order valence-corrected chi connectivity index (χ1v) is 12.6. The van der Waals surface area contributed by atoms with Crippen molar-refractivity contribution in [3.05, 3.63) is 70.8 Å². The highest BCUT2D eigenvalue weighted by Crippen LogP contribution is 2.26. The van der Waals surface area contributed by atoms with Crippen LogP contribution in [0, 0.1) is 0 Å². The van der Waals surface area contributed by atoms with Crippen LogP contribution in [0.3, 0.4) is 0 Å². The van der Waals surface area contributed by atoms with Crippen molar-refractivity contribution in [2.75, 3.05) is 0 Å². The minimum absolute atomic E-state index is 0.181. The lowest BCUT2D eigenvalue weighted by molar-refractivity contribution is -0.122. The van der Waals surface area contributed by atoms with Gasteiger partial charge in [-0.15, -0.1) is 0 Å². The smallest absolute Gasteiger partial charge is 0.267 e. The Morgan fingerprint density at radius 3 is 2.78 bits per heavy atom. The zero-order chi connectivity index (χ0) is 19.1. The van der Waals surface area contributed by atoms with E-state index in [-0.39, 0.29) is 18.1 Å². The minimum Gasteiger partial charge on any atom is -0.489 e. The number of hydrogen-bond donors (Lipinski definition) is 1. The lowest BCUT2D eigenvalue weighted by Gasteiger charge is -2.16. The third kappa shape index (κ3) is 5.86. The first-order valence-electron chi connectivity index (χ1n) is 8.53. The number of amides is 1. The molecule has 1 unspecified atom stereocenters. The van der Waals surface area contributed by atoms with E-state index in [4.69, 9.17) is 9.36 Å². The summed E-state index contributed by atoms with van der Waals surface area (Å²) in [5, 5.41) is 0. The summed E-state index contributed by atoms with van der Waals surface area (Å²) in [5.41, 5.74) is 6.17. The number of halogens is 1. The molecule has 0 radical (unpaired) electrons. The van der Waals surface area contributed by atoms with Gasteiger partial charge in [0.15, 0.2) is 5.78 Å². The lowest BCUT2D eigenvalue weighted by Crippen LogP contribution is -2.16. The molecule has 1 amide bonds. The van der Waals surface area contributed by atoms with Gasteiger partial charge in [0.2, 0.25) is 0 Å². The van der Waals surface area contributed by atoms with Crippen molar-refractivity contribution in [2.24, 2.45) is 0 Å². The van der Waals surface area contributed by atoms with Crippen molar-refractivity contribution in [1.82, 2.24) is 5.48 Å². The average Bonchev–Trinajstić information content (AvgIpc) is 2.70. The molecule has 7 heteroatoms. The van der Waals surface area contributed by atoms with Crippen LogP contribution in [0.1, 0.15) is 39.9 Å². The highest BCUT2D eigenvalue weighted by Gasteiger charge is 2.17. The van der Waals surface area contributed by atoms with Gasteiger partial charge in [-0.2, -0.15) is 0 Å². The second kappa shape index (κ2) is 9.97. The third-order valence-corrected chi connectivity index (χ3v) is 5.07. The van der Waals surface area contributed by atoms with Crippen LogP contribution < -0.4 is 10.2 Å². The number of nitrogens with one attached hydrogen (secondary N) is 1. The van der Waals surface area contributed by atoms with Crippen LogP contribution in [0.25, 0.3) is 6.08 Å². The second-order valence-corrected chi connectivity index (χ2v) is 7.78. The van der Waals surface area contributed by atoms with Crippen molar-refractivity contribution in [2.45, 2.75) is 25.9 Å². The molecule has 0 spiro atoms. The molecule has 0 aromatic heterocycles. The molecule has 2 aromatic rings. The van der Waals surface area contributed by atoms with E-state index in [2.05, 4.69) is 5.48 Å². The number of aryl methyl sites for hydroxylation is 1. The van der Waals surface area contributed by atoms with E-state index >= 15 is 0 Å². The normalized spacial score (nSPS) is 13.9. The van der Waals surface area contributed by atoms with E-state index in [0.717, 1.165) is 40.8 Å². The fourth-order valence-corrected chi connectivity index (χ4v) is 3.35. The number of ether oxygens (including phenoxy) is 1. The van der Waals surface area contributed by atoms with Crippen LogP contribution >= 0.6 is 28.5 Å². The summed E-state index contributed by atoms with van der Waals surface area (Å²) in [6.45, 7) is 0.627. The summed E-state index contributed by atoms with van der Waals surface area (Å²) in [7, 11) is 0. The number of carbonyl (C=O) groups is 2. The number of fused-ring (bicyclic) bond motifs is 1. The molecule has 0 saturated carbocycles. The molecule has 0 saturated heterocycles. The zero-order valence-corrected chi connectivity index (χ0v) is 17.7. The summed E-state index contributed by atoms with van der Waals surface area (Å²) < 4.78 is 10.7. The molecule has 0 aliphatic heterocycles. The lowest BCUT2D eigenvalue weighted by atomic mass is 9.90. The van der Waals surface area contributed by atoms with Gasteiger partial charge in [0, 0.05) is 18.1 Å². The molecule has 1 N–H and O–H groups in total. The summed E-state index contributed by atoms with van der Waals surface area (Å²) in [6, 6.07) is 13.5. The fourth-order valence-electron chi connectivity index (χ4n) is 2.88. The molecule has 2 aromatic carbocycles. The first kappa shape index (κ1) is 20.0. The van der Waals surface area contributed by atoms with Gasteiger partial charge >= 0.3 is 0 Å². The van der Waals surface area contributed by atoms with Crippen LogP contribution in [-0.4, -0.2) is 11.7 Å². The molecule has 1 aliphatic carbocycles. The van der Waals surface area contributed by atoms with Crippen LogP contribution in [0.4, 0.5) is 0 Å². The SMILES string of the molecule is O=C(/C=C/c1ccc(COc2ccc3c(c2)CCCC3=O)cc1)NOPI. The Morgan fingerprint density at radius 1 is 1.19 bits per heavy atom. The summed E-state index contributed by atoms with van der Waals surface area (Å²) in [6.07, 6.45) is 5.63. The van der Waals surface area contributed by atoms with Crippen molar-refractivity contribution in [1.29, 1.82) is 0 Å². The Bertz CT molecular complexity index is 852. The summed E-state index contributed by atoms with van der Waals surface area (Å²) >= 11 is 2.03. The largest absolute Gasteiger partial charge is 0.489 e. The van der Waals surface area contributed by atoms with Gasteiger partial charge in [-0.3, -0.25) is 9.59 Å². The Hall–Kier alpha value is -1.76. The van der Waals surface area contributed by atoms with Gasteiger partial charge < -0.3 is 4.74 Å². The van der Waals surface area contributed by atoms with Gasteiger partial charge in [0.25, 0.3) is 5.91 Å². The maximum Gasteiger partial charge on any atom is 0.267 e. The number of benzene rings is 2. The molecule has 1 aliphatic rings. The topological polar surface area (TPSA) is 64.6 Å². The van der Waals surface area contributed by atoms with Gasteiger partial charge in [-0.1, -0.05) is 24.3 Å². The van der Waals surface area contributed by atoms with Crippen LogP contribution in [0.15, 0.2) is 48.5 Å². The molecule has 27 heavy (non-hydrogen) atoms. The first-order chi connectivity index (χ1) is 13.2. The number of Topliss-reactive ketones (excluding diaryl/α,β-unsaturated/α-hetero) is 1. The zero-order valence-electron chi connectivity index (χ0n) is 14.5. The molecule has 1 atom stereocenters. The van der Waals surface area contributed by atoms with Gasteiger partial charge in [0.05, 0.1) is 0 Å². The van der Waals surface area contributed by atoms with Gasteiger partial charge in [0.1, 0.15) is 18.8 Å². The summed E-state index contributed by atoms with van der Waals surface area (Å²) in [5.74, 6) is 0.707. The number of carbonyl (C=O) groups excluding carboxylic acids is 2. The average molecular weight is 495 g/mol. The van der Waals surface area contributed by atoms with Crippen LogP contribution in [0.2, 0.25) is 0 Å². The maximum absolute atomic E-state index is 11.9. The predicted molar refractivity (Wildman–Crippen MR) is 115 cm³/mol. The number of rotatable bonds is 7. The molecule has 0 heterocycles. The standard InChI is InChI=1S/C20H19INO4P/c21-27-26-22-20(24)11-8-14-4-6-15(7-5-14)13-25-17-9-10-18-16(12-17)2-1-3-19(18)23/h4-12,27H,1-3,13H2,(H,22,24)/b11-8+. The molecule has 3 rings (SSSR count). The van der Waals surface area contributed by atoms with Crippen LogP contribution in [0.5, 0.6) is 5.75 Å². The highest BCUT2D eigenvalue weighted by atomic mass is 127. The van der Waals surface area contributed by atoms with E-state index in [1.54, 1.807) is 6.08 Å². The number of hydrogen-bond acceptors (Lipinski definition) is 4. The molecular formula is C20H19INO4P. The highest BCUT2D eigenvalue weighted by molar-refractivity contribution is 14.2. The molecular weight excluding hydrogens is 476 g/mol. The van der Waals surface area contributed by atoms with Gasteiger partial charge in [-0.05, 0) is 75.8 Å². The molecule has 5 nitrogen and oxygen atoms in total. The molecule has 0 fully saturated rings. The van der Waals surface area contributed by atoms with Gasteiger partial charge in [-0.25, -0.2) is 10.1 Å². The maximum atomic E-state index is 11.9. The molecule has 0 bridgehead atoms. The number of ketones is 1. The fraction of sp³-hybridized carbons (Fsp3) is 0.200. The van der Waals surface area contributed by atoms with Crippen molar-refractivity contribution >= 4 is 46.3 Å². The van der Waals surface area contributed by atoms with E-state index in [9.17, 15) is 9.59 Å². The van der Waals surface area contributed by atoms with E-state index in [1.165, 1.54) is 6.08 Å². The van der Waals surface area contributed by atoms with E-state index in [1.807, 2.05) is 64.5 Å². The minimum atomic E-state index is -0.294. The monoisotopic (exact) mass is 495 g/mol. The van der Waals surface area contributed by atoms with Crippen molar-refractivity contribution in [3.63, 3.8) is 0 Å². The second-order valence-electron chi connectivity index (χ2n) is 6.10. The number of hydroxylamine groups is 1. The Labute approximate surface area is 172 Å². The molecule has 140 valence electrons. The van der Waals surface area contributed by atoms with E-state index in [0.29, 0.717) is 13.0 Å². The Morgan fingerprint density at radius 2 is 2.00 bits per heavy atom. The Balaban J connectivity index is 1.55. The Kier molecular flexibility index (Phi) is 7.38. The van der Waals surface area contributed by atoms with E-state index < -0.39 is 0 Å². The quantitative estimate of drug-likeness (QED) is 0.260. The van der Waals surface area contributed by atoms with Crippen molar-refractivity contribution < 1.29 is 19.0 Å². The predicted octanol–water partition coefficient (Wildman–Crippen LogP) is 4.79. The van der Waals surface area contributed by atoms with Crippen molar-refractivity contribution in [3.8, 4) is 5.75 Å². The third-order valence-electron chi connectivity index (χ3n) is 4.23. The summed E-state index contributed by atoms with van der Waals surface area (Å²) in [4.78, 5) is 23.3.